The molecule has 0 saturated heterocycles. The van der Waals surface area contributed by atoms with Gasteiger partial charge in [-0.25, -0.2) is 9.97 Å². The van der Waals surface area contributed by atoms with Crippen LogP contribution in [-0.4, -0.2) is 29.2 Å². The zero-order valence-corrected chi connectivity index (χ0v) is 12.7. The summed E-state index contributed by atoms with van der Waals surface area (Å²) in [5.74, 6) is 1.54. The molecule has 0 radical (unpaired) electrons. The molecule has 0 aliphatic heterocycles. The zero-order chi connectivity index (χ0) is 15.9. The average molecular weight is 304 g/mol. The van der Waals surface area contributed by atoms with Crippen LogP contribution in [0.25, 0.3) is 0 Å². The summed E-state index contributed by atoms with van der Waals surface area (Å²) in [6, 6.07) is 0. The predicted molar refractivity (Wildman–Crippen MR) is 78.7 cm³/mol. The predicted octanol–water partition coefficient (Wildman–Crippen LogP) is 4.18. The Hall–Kier alpha value is -1.53. The molecule has 1 rings (SSSR count). The van der Waals surface area contributed by atoms with Crippen LogP contribution >= 0.6 is 0 Å². The topological polar surface area (TPSA) is 49.8 Å². The third-order valence-electron chi connectivity index (χ3n) is 2.93. The van der Waals surface area contributed by atoms with Crippen LogP contribution in [0.2, 0.25) is 0 Å². The van der Waals surface area contributed by atoms with Crippen LogP contribution in [0.4, 0.5) is 24.8 Å². The number of alkyl halides is 3. The van der Waals surface area contributed by atoms with Gasteiger partial charge in [0.2, 0.25) is 0 Å². The quantitative estimate of drug-likeness (QED) is 0.708. The summed E-state index contributed by atoms with van der Waals surface area (Å²) < 4.78 is 36.4. The van der Waals surface area contributed by atoms with Gasteiger partial charge >= 0.3 is 6.18 Å². The third-order valence-corrected chi connectivity index (χ3v) is 2.93. The molecule has 0 aromatic carbocycles. The fourth-order valence-electron chi connectivity index (χ4n) is 1.96. The molecule has 0 aliphatic carbocycles. The number of hydrogen-bond donors (Lipinski definition) is 2. The molecular formula is C14H23F3N4. The lowest BCUT2D eigenvalue weighted by molar-refractivity contribution is -0.134. The van der Waals surface area contributed by atoms with Crippen LogP contribution < -0.4 is 10.6 Å². The van der Waals surface area contributed by atoms with Gasteiger partial charge in [0.15, 0.2) is 0 Å². The molecule has 7 heteroatoms. The van der Waals surface area contributed by atoms with Crippen molar-refractivity contribution < 1.29 is 13.2 Å². The molecule has 0 spiro atoms. The van der Waals surface area contributed by atoms with E-state index in [1.807, 2.05) is 13.8 Å². The highest BCUT2D eigenvalue weighted by Crippen LogP contribution is 2.28. The van der Waals surface area contributed by atoms with Crippen molar-refractivity contribution >= 4 is 11.6 Å². The van der Waals surface area contributed by atoms with Crippen LogP contribution in [-0.2, 0) is 0 Å². The molecule has 0 fully saturated rings. The number of anilines is 2. The maximum atomic E-state index is 12.1. The normalized spacial score (nSPS) is 11.8. The zero-order valence-electron chi connectivity index (χ0n) is 12.7. The summed E-state index contributed by atoms with van der Waals surface area (Å²) in [6.07, 6.45) is -2.47. The van der Waals surface area contributed by atoms with Gasteiger partial charge < -0.3 is 10.6 Å². The van der Waals surface area contributed by atoms with Crippen LogP contribution in [0.5, 0.6) is 0 Å². The van der Waals surface area contributed by atoms with Crippen LogP contribution in [0.15, 0.2) is 6.33 Å². The van der Waals surface area contributed by atoms with Crippen molar-refractivity contribution in [2.75, 3.05) is 23.7 Å². The number of nitrogens with one attached hydrogen (secondary N) is 2. The standard InChI is InChI=1S/C14H23F3N4/c1-4-7-18-12-11(10(2)3)13(21-9-20-12)19-8-5-6-14(15,16)17/h9-10H,4-8H2,1-3H3,(H2,18,19,20,21). The number of hydrogen-bond acceptors (Lipinski definition) is 4. The Morgan fingerprint density at radius 3 is 2.14 bits per heavy atom. The van der Waals surface area contributed by atoms with Gasteiger partial charge in [0.25, 0.3) is 0 Å². The van der Waals surface area contributed by atoms with E-state index < -0.39 is 12.6 Å². The Morgan fingerprint density at radius 2 is 1.67 bits per heavy atom. The highest BCUT2D eigenvalue weighted by Gasteiger charge is 2.26. The molecule has 0 aliphatic rings. The van der Waals surface area contributed by atoms with Crippen LogP contribution in [0.1, 0.15) is 51.5 Å². The first kappa shape index (κ1) is 17.5. The second-order valence-corrected chi connectivity index (χ2v) is 5.21. The van der Waals surface area contributed by atoms with Crippen molar-refractivity contribution in [3.63, 3.8) is 0 Å². The minimum Gasteiger partial charge on any atom is -0.370 e. The Morgan fingerprint density at radius 1 is 1.10 bits per heavy atom. The molecule has 21 heavy (non-hydrogen) atoms. The van der Waals surface area contributed by atoms with E-state index in [0.717, 1.165) is 24.3 Å². The Balaban J connectivity index is 2.72. The maximum absolute atomic E-state index is 12.1. The first-order valence-electron chi connectivity index (χ1n) is 7.24. The molecule has 0 atom stereocenters. The van der Waals surface area contributed by atoms with Crippen LogP contribution in [0, 0.1) is 0 Å². The Bertz CT molecular complexity index is 433. The van der Waals surface area contributed by atoms with Gasteiger partial charge in [-0.3, -0.25) is 0 Å². The molecule has 0 bridgehead atoms. The fraction of sp³-hybridized carbons (Fsp3) is 0.714. The van der Waals surface area contributed by atoms with Gasteiger partial charge in [0, 0.05) is 25.1 Å². The number of rotatable bonds is 8. The van der Waals surface area contributed by atoms with E-state index in [9.17, 15) is 13.2 Å². The van der Waals surface area contributed by atoms with E-state index in [0.29, 0.717) is 5.82 Å². The van der Waals surface area contributed by atoms with Gasteiger partial charge in [-0.1, -0.05) is 20.8 Å². The molecule has 120 valence electrons. The molecule has 0 saturated carbocycles. The monoisotopic (exact) mass is 304 g/mol. The van der Waals surface area contributed by atoms with E-state index in [4.69, 9.17) is 0 Å². The molecule has 1 aromatic heterocycles. The largest absolute Gasteiger partial charge is 0.389 e. The summed E-state index contributed by atoms with van der Waals surface area (Å²) in [4.78, 5) is 8.38. The van der Waals surface area contributed by atoms with Gasteiger partial charge in [-0.05, 0) is 18.8 Å². The first-order valence-corrected chi connectivity index (χ1v) is 7.24. The van der Waals surface area contributed by atoms with Gasteiger partial charge in [0.1, 0.15) is 18.0 Å². The van der Waals surface area contributed by atoms with Crippen molar-refractivity contribution in [1.82, 2.24) is 9.97 Å². The van der Waals surface area contributed by atoms with E-state index in [-0.39, 0.29) is 18.9 Å². The summed E-state index contributed by atoms with van der Waals surface area (Å²) in [7, 11) is 0. The average Bonchev–Trinajstić information content (AvgIpc) is 2.40. The highest BCUT2D eigenvalue weighted by molar-refractivity contribution is 5.58. The summed E-state index contributed by atoms with van der Waals surface area (Å²) in [5, 5.41) is 6.22. The second kappa shape index (κ2) is 8.05. The molecule has 2 N–H and O–H groups in total. The molecule has 4 nitrogen and oxygen atoms in total. The third kappa shape index (κ3) is 6.18. The van der Waals surface area contributed by atoms with Crippen molar-refractivity contribution in [2.24, 2.45) is 0 Å². The minimum absolute atomic E-state index is 0.0305. The summed E-state index contributed by atoms with van der Waals surface area (Å²) in [6.45, 7) is 7.11. The second-order valence-electron chi connectivity index (χ2n) is 5.21. The van der Waals surface area contributed by atoms with Gasteiger partial charge in [-0.15, -0.1) is 0 Å². The van der Waals surface area contributed by atoms with Crippen molar-refractivity contribution in [3.05, 3.63) is 11.9 Å². The minimum atomic E-state index is -4.11. The van der Waals surface area contributed by atoms with Crippen molar-refractivity contribution in [1.29, 1.82) is 0 Å². The molecule has 1 heterocycles. The van der Waals surface area contributed by atoms with E-state index in [2.05, 4.69) is 27.5 Å². The van der Waals surface area contributed by atoms with Crippen molar-refractivity contribution in [3.8, 4) is 0 Å². The van der Waals surface area contributed by atoms with E-state index in [1.54, 1.807) is 0 Å². The molecular weight excluding hydrogens is 281 g/mol. The number of nitrogens with zero attached hydrogens (tertiary/aromatic N) is 2. The SMILES string of the molecule is CCCNc1ncnc(NCCCC(F)(F)F)c1C(C)C. The molecule has 1 aromatic rings. The van der Waals surface area contributed by atoms with Crippen LogP contribution in [0.3, 0.4) is 0 Å². The Kier molecular flexibility index (Phi) is 6.71. The Labute approximate surface area is 123 Å². The summed E-state index contributed by atoms with van der Waals surface area (Å²) >= 11 is 0. The fourth-order valence-corrected chi connectivity index (χ4v) is 1.96. The number of halogens is 3. The first-order chi connectivity index (χ1) is 9.85. The molecule has 0 amide bonds. The van der Waals surface area contributed by atoms with E-state index in [1.165, 1.54) is 6.33 Å². The molecule has 0 unspecified atom stereocenters. The maximum Gasteiger partial charge on any atom is 0.389 e. The lowest BCUT2D eigenvalue weighted by Gasteiger charge is -2.17. The smallest absolute Gasteiger partial charge is 0.370 e. The lowest BCUT2D eigenvalue weighted by Crippen LogP contribution is -2.14. The van der Waals surface area contributed by atoms with Crippen molar-refractivity contribution in [2.45, 2.75) is 52.1 Å². The summed E-state index contributed by atoms with van der Waals surface area (Å²) in [5.41, 5.74) is 0.915. The van der Waals surface area contributed by atoms with Gasteiger partial charge in [-0.2, -0.15) is 13.2 Å². The van der Waals surface area contributed by atoms with E-state index >= 15 is 0 Å². The van der Waals surface area contributed by atoms with Gasteiger partial charge in [0.05, 0.1) is 0 Å². The number of aromatic nitrogens is 2. The lowest BCUT2D eigenvalue weighted by atomic mass is 10.0. The highest BCUT2D eigenvalue weighted by atomic mass is 19.4.